The summed E-state index contributed by atoms with van der Waals surface area (Å²) in [5.74, 6) is -0.215. The lowest BCUT2D eigenvalue weighted by molar-refractivity contribution is -0.146. The lowest BCUT2D eigenvalue weighted by Gasteiger charge is -2.34. The number of hydrogen-bond donors (Lipinski definition) is 1. The number of amides is 1. The van der Waals surface area contributed by atoms with Gasteiger partial charge in [0.25, 0.3) is 0 Å². The smallest absolute Gasteiger partial charge is 0.323 e. The van der Waals surface area contributed by atoms with Gasteiger partial charge in [-0.2, -0.15) is 0 Å². The van der Waals surface area contributed by atoms with Gasteiger partial charge in [-0.25, -0.2) is 4.98 Å². The van der Waals surface area contributed by atoms with Crippen LogP contribution in [0, 0.1) is 6.92 Å². The summed E-state index contributed by atoms with van der Waals surface area (Å²) in [6.07, 6.45) is 0. The van der Waals surface area contributed by atoms with E-state index in [1.54, 1.807) is 11.3 Å². The molecule has 5 nitrogen and oxygen atoms in total. The third kappa shape index (κ3) is 5.50. The predicted octanol–water partition coefficient (Wildman–Crippen LogP) is 2.40. The SMILES string of the molecule is Cc1nc(CSCC(=O)N(CC(=O)O)C(C)(C)C)cs1. The number of thiazole rings is 1. The van der Waals surface area contributed by atoms with Gasteiger partial charge in [0, 0.05) is 16.7 Å². The van der Waals surface area contributed by atoms with E-state index in [2.05, 4.69) is 4.98 Å². The van der Waals surface area contributed by atoms with E-state index in [-0.39, 0.29) is 18.2 Å². The van der Waals surface area contributed by atoms with Gasteiger partial charge in [-0.05, 0) is 27.7 Å². The maximum atomic E-state index is 12.1. The highest BCUT2D eigenvalue weighted by Crippen LogP contribution is 2.18. The Morgan fingerprint density at radius 2 is 2.10 bits per heavy atom. The molecule has 0 saturated carbocycles. The van der Waals surface area contributed by atoms with E-state index in [1.807, 2.05) is 33.1 Å². The summed E-state index contributed by atoms with van der Waals surface area (Å²) in [5.41, 5.74) is 0.471. The minimum atomic E-state index is -0.992. The van der Waals surface area contributed by atoms with Crippen LogP contribution < -0.4 is 0 Å². The van der Waals surface area contributed by atoms with Crippen LogP contribution in [0.1, 0.15) is 31.5 Å². The zero-order valence-corrected chi connectivity index (χ0v) is 13.8. The Hall–Kier alpha value is -1.08. The Labute approximate surface area is 127 Å². The van der Waals surface area contributed by atoms with E-state index in [4.69, 9.17) is 5.11 Å². The number of carboxylic acids is 1. The minimum Gasteiger partial charge on any atom is -0.480 e. The monoisotopic (exact) mass is 316 g/mol. The molecular formula is C13H20N2O3S2. The Balaban J connectivity index is 2.52. The minimum absolute atomic E-state index is 0.156. The first-order valence-corrected chi connectivity index (χ1v) is 8.24. The number of thioether (sulfide) groups is 1. The van der Waals surface area contributed by atoms with Crippen molar-refractivity contribution in [3.05, 3.63) is 16.1 Å². The molecule has 1 amide bonds. The number of hydrogen-bond acceptors (Lipinski definition) is 5. The molecule has 0 aliphatic carbocycles. The van der Waals surface area contributed by atoms with Crippen molar-refractivity contribution in [2.75, 3.05) is 12.3 Å². The average molecular weight is 316 g/mol. The van der Waals surface area contributed by atoms with Crippen LogP contribution in [0.3, 0.4) is 0 Å². The molecule has 0 bridgehead atoms. The van der Waals surface area contributed by atoms with Gasteiger partial charge in [0.2, 0.25) is 5.91 Å². The van der Waals surface area contributed by atoms with Crippen molar-refractivity contribution in [3.8, 4) is 0 Å². The zero-order valence-electron chi connectivity index (χ0n) is 12.2. The third-order valence-corrected chi connectivity index (χ3v) is 4.32. The highest BCUT2D eigenvalue weighted by Gasteiger charge is 2.28. The number of carboxylic acid groups (broad SMARTS) is 1. The molecular weight excluding hydrogens is 296 g/mol. The molecule has 0 radical (unpaired) electrons. The first kappa shape index (κ1) is 17.0. The fourth-order valence-electron chi connectivity index (χ4n) is 1.63. The van der Waals surface area contributed by atoms with E-state index in [9.17, 15) is 9.59 Å². The molecule has 0 aromatic carbocycles. The number of aliphatic carboxylic acids is 1. The van der Waals surface area contributed by atoms with Gasteiger partial charge >= 0.3 is 5.97 Å². The second kappa shape index (κ2) is 7.08. The summed E-state index contributed by atoms with van der Waals surface area (Å²) in [6, 6.07) is 0. The first-order chi connectivity index (χ1) is 9.20. The molecule has 0 aliphatic rings. The van der Waals surface area contributed by atoms with E-state index >= 15 is 0 Å². The van der Waals surface area contributed by atoms with Crippen molar-refractivity contribution in [1.29, 1.82) is 0 Å². The molecule has 0 spiro atoms. The van der Waals surface area contributed by atoms with Gasteiger partial charge < -0.3 is 10.0 Å². The van der Waals surface area contributed by atoms with Crippen LogP contribution in [-0.4, -0.2) is 44.7 Å². The van der Waals surface area contributed by atoms with Gasteiger partial charge in [-0.1, -0.05) is 0 Å². The lowest BCUT2D eigenvalue weighted by Crippen LogP contribution is -2.49. The van der Waals surface area contributed by atoms with Crippen LogP contribution in [0.4, 0.5) is 0 Å². The van der Waals surface area contributed by atoms with Crippen molar-refractivity contribution < 1.29 is 14.7 Å². The Morgan fingerprint density at radius 3 is 2.55 bits per heavy atom. The number of carbonyl (C=O) groups is 2. The van der Waals surface area contributed by atoms with Gasteiger partial charge in [0.05, 0.1) is 16.5 Å². The van der Waals surface area contributed by atoms with Crippen molar-refractivity contribution in [3.63, 3.8) is 0 Å². The Bertz CT molecular complexity index is 480. The third-order valence-electron chi connectivity index (χ3n) is 2.55. The van der Waals surface area contributed by atoms with Crippen molar-refractivity contribution in [2.45, 2.75) is 39.0 Å². The van der Waals surface area contributed by atoms with E-state index in [0.717, 1.165) is 10.7 Å². The van der Waals surface area contributed by atoms with Crippen LogP contribution >= 0.6 is 23.1 Å². The molecule has 0 fully saturated rings. The topological polar surface area (TPSA) is 70.5 Å². The molecule has 0 atom stereocenters. The highest BCUT2D eigenvalue weighted by molar-refractivity contribution is 7.99. The van der Waals surface area contributed by atoms with Gasteiger partial charge in [0.15, 0.2) is 0 Å². The van der Waals surface area contributed by atoms with Crippen LogP contribution in [0.15, 0.2) is 5.38 Å². The van der Waals surface area contributed by atoms with Gasteiger partial charge in [-0.15, -0.1) is 23.1 Å². The highest BCUT2D eigenvalue weighted by atomic mass is 32.2. The maximum absolute atomic E-state index is 12.1. The molecule has 1 aromatic rings. The van der Waals surface area contributed by atoms with Crippen molar-refractivity contribution in [2.24, 2.45) is 0 Å². The number of carbonyl (C=O) groups excluding carboxylic acids is 1. The quantitative estimate of drug-likeness (QED) is 0.872. The average Bonchev–Trinajstić information content (AvgIpc) is 2.70. The second-order valence-electron chi connectivity index (χ2n) is 5.40. The predicted molar refractivity (Wildman–Crippen MR) is 82.1 cm³/mol. The molecule has 1 aromatic heterocycles. The summed E-state index contributed by atoms with van der Waals surface area (Å²) in [6.45, 7) is 7.18. The van der Waals surface area contributed by atoms with Crippen molar-refractivity contribution in [1.82, 2.24) is 9.88 Å². The molecule has 1 rings (SSSR count). The Morgan fingerprint density at radius 1 is 1.45 bits per heavy atom. The molecule has 0 aliphatic heterocycles. The van der Waals surface area contributed by atoms with Crippen LogP contribution in [0.2, 0.25) is 0 Å². The molecule has 0 saturated heterocycles. The van der Waals surface area contributed by atoms with Gasteiger partial charge in [0.1, 0.15) is 6.54 Å². The van der Waals surface area contributed by atoms with Crippen molar-refractivity contribution >= 4 is 35.0 Å². The van der Waals surface area contributed by atoms with Gasteiger partial charge in [-0.3, -0.25) is 9.59 Å². The summed E-state index contributed by atoms with van der Waals surface area (Å²) >= 11 is 3.04. The summed E-state index contributed by atoms with van der Waals surface area (Å²) in [7, 11) is 0. The molecule has 0 unspecified atom stereocenters. The van der Waals surface area contributed by atoms with Crippen LogP contribution in [-0.2, 0) is 15.3 Å². The number of nitrogens with zero attached hydrogens (tertiary/aromatic N) is 2. The molecule has 1 N–H and O–H groups in total. The fourth-order valence-corrected chi connectivity index (χ4v) is 3.14. The van der Waals surface area contributed by atoms with Crippen LogP contribution in [0.5, 0.6) is 0 Å². The summed E-state index contributed by atoms with van der Waals surface area (Å²) in [5, 5.41) is 11.9. The van der Waals surface area contributed by atoms with E-state index in [1.165, 1.54) is 16.7 Å². The largest absolute Gasteiger partial charge is 0.480 e. The van der Waals surface area contributed by atoms with Crippen LogP contribution in [0.25, 0.3) is 0 Å². The Kier molecular flexibility index (Phi) is 6.01. The molecule has 20 heavy (non-hydrogen) atoms. The van der Waals surface area contributed by atoms with E-state index < -0.39 is 11.5 Å². The number of rotatable bonds is 6. The fraction of sp³-hybridized carbons (Fsp3) is 0.615. The molecule has 1 heterocycles. The second-order valence-corrected chi connectivity index (χ2v) is 7.44. The number of aromatic nitrogens is 1. The lowest BCUT2D eigenvalue weighted by atomic mass is 10.1. The molecule has 7 heteroatoms. The van der Waals surface area contributed by atoms with E-state index in [0.29, 0.717) is 5.75 Å². The summed E-state index contributed by atoms with van der Waals surface area (Å²) in [4.78, 5) is 28.7. The normalized spacial score (nSPS) is 11.4. The number of aryl methyl sites for hydroxylation is 1. The zero-order chi connectivity index (χ0) is 15.3. The first-order valence-electron chi connectivity index (χ1n) is 6.21. The molecule has 112 valence electrons. The maximum Gasteiger partial charge on any atom is 0.323 e. The standard InChI is InChI=1S/C13H20N2O3S2/c1-9-14-10(7-20-9)6-19-8-11(16)15(5-12(17)18)13(2,3)4/h7H,5-6,8H2,1-4H3,(H,17,18). The summed E-state index contributed by atoms with van der Waals surface area (Å²) < 4.78 is 0.